The third kappa shape index (κ3) is 4.76. The van der Waals surface area contributed by atoms with E-state index in [9.17, 15) is 24.3 Å². The first-order valence-electron chi connectivity index (χ1n) is 12.5. The second-order valence-corrected chi connectivity index (χ2v) is 10.7. The van der Waals surface area contributed by atoms with Gasteiger partial charge in [-0.05, 0) is 59.3 Å². The molecule has 11 nitrogen and oxygen atoms in total. The van der Waals surface area contributed by atoms with E-state index in [1.54, 1.807) is 12.1 Å². The van der Waals surface area contributed by atoms with Gasteiger partial charge in [-0.3, -0.25) is 24.6 Å². The van der Waals surface area contributed by atoms with Gasteiger partial charge in [0.1, 0.15) is 5.54 Å². The number of nitrogens with one attached hydrogen (secondary N) is 2. The van der Waals surface area contributed by atoms with Crippen molar-refractivity contribution in [1.82, 2.24) is 15.5 Å². The molecule has 4 atom stereocenters. The molecule has 4 rings (SSSR count). The van der Waals surface area contributed by atoms with Crippen LogP contribution < -0.4 is 25.8 Å². The molecule has 37 heavy (non-hydrogen) atoms. The molecular formula is C25H33BrN4O7. The van der Waals surface area contributed by atoms with Crippen molar-refractivity contribution in [1.29, 1.82) is 0 Å². The van der Waals surface area contributed by atoms with Gasteiger partial charge >= 0.3 is 12.0 Å². The van der Waals surface area contributed by atoms with Crippen molar-refractivity contribution in [2.75, 3.05) is 20.8 Å². The molecule has 4 amide bonds. The minimum absolute atomic E-state index is 0.0201. The zero-order chi connectivity index (χ0) is 26.9. The van der Waals surface area contributed by atoms with Crippen LogP contribution in [0.3, 0.4) is 0 Å². The molecule has 1 aromatic rings. The number of methoxy groups -OCH3 is 2. The maximum absolute atomic E-state index is 13.9. The maximum atomic E-state index is 13.9. The predicted molar refractivity (Wildman–Crippen MR) is 136 cm³/mol. The summed E-state index contributed by atoms with van der Waals surface area (Å²) in [6, 6.07) is 1.76. The van der Waals surface area contributed by atoms with Gasteiger partial charge in [0.2, 0.25) is 11.8 Å². The van der Waals surface area contributed by atoms with Gasteiger partial charge in [0.05, 0.1) is 30.5 Å². The minimum Gasteiger partial charge on any atom is -0.493 e. The van der Waals surface area contributed by atoms with Crippen LogP contribution in [-0.2, 0) is 14.4 Å². The number of nitrogens with zero attached hydrogens (tertiary/aromatic N) is 1. The van der Waals surface area contributed by atoms with Crippen molar-refractivity contribution < 1.29 is 33.8 Å². The molecule has 0 spiro atoms. The summed E-state index contributed by atoms with van der Waals surface area (Å²) < 4.78 is 11.5. The van der Waals surface area contributed by atoms with Gasteiger partial charge in [-0.25, -0.2) is 4.79 Å². The Morgan fingerprint density at radius 3 is 2.49 bits per heavy atom. The Kier molecular flexibility index (Phi) is 7.98. The summed E-state index contributed by atoms with van der Waals surface area (Å²) in [6.45, 7) is 0.143. The van der Waals surface area contributed by atoms with Gasteiger partial charge in [-0.1, -0.05) is 19.3 Å². The molecule has 2 aliphatic heterocycles. The number of hydrogen-bond acceptors (Lipinski definition) is 7. The Morgan fingerprint density at radius 1 is 1.19 bits per heavy atom. The fraction of sp³-hybridized carbons (Fsp3) is 0.600. The molecule has 2 heterocycles. The van der Waals surface area contributed by atoms with E-state index in [-0.39, 0.29) is 31.3 Å². The first-order valence-corrected chi connectivity index (χ1v) is 13.3. The van der Waals surface area contributed by atoms with Crippen molar-refractivity contribution in [2.45, 2.75) is 62.6 Å². The number of primary amides is 1. The second kappa shape index (κ2) is 10.9. The number of hydrogen-bond donors (Lipinski definition) is 4. The summed E-state index contributed by atoms with van der Waals surface area (Å²) in [6.07, 6.45) is 4.60. The summed E-state index contributed by atoms with van der Waals surface area (Å²) in [4.78, 5) is 53.2. The number of nitrogens with two attached hydrogens (primary N) is 1. The molecular weight excluding hydrogens is 548 g/mol. The third-order valence-corrected chi connectivity index (χ3v) is 8.46. The Labute approximate surface area is 223 Å². The second-order valence-electron chi connectivity index (χ2n) is 9.87. The van der Waals surface area contributed by atoms with E-state index in [1.165, 1.54) is 19.1 Å². The fourth-order valence-electron chi connectivity index (χ4n) is 6.24. The number of ether oxygens (including phenoxy) is 2. The molecule has 0 radical (unpaired) electrons. The van der Waals surface area contributed by atoms with Crippen LogP contribution in [-0.4, -0.2) is 66.2 Å². The third-order valence-electron chi connectivity index (χ3n) is 7.87. The molecule has 5 N–H and O–H groups in total. The zero-order valence-corrected chi connectivity index (χ0v) is 22.5. The number of carboxylic acids is 1. The molecule has 4 unspecified atom stereocenters. The lowest BCUT2D eigenvalue weighted by atomic mass is 9.77. The van der Waals surface area contributed by atoms with Gasteiger partial charge in [0, 0.05) is 18.6 Å². The lowest BCUT2D eigenvalue weighted by Crippen LogP contribution is -2.56. The van der Waals surface area contributed by atoms with Gasteiger partial charge in [0.25, 0.3) is 0 Å². The molecule has 0 aromatic heterocycles. The average Bonchev–Trinajstić information content (AvgIpc) is 3.35. The predicted octanol–water partition coefficient (Wildman–Crippen LogP) is 2.32. The Balaban J connectivity index is 1.78. The molecule has 3 aliphatic rings. The summed E-state index contributed by atoms with van der Waals surface area (Å²) in [7, 11) is 2.99. The van der Waals surface area contributed by atoms with Crippen LogP contribution in [0.4, 0.5) is 4.79 Å². The number of amides is 4. The number of fused-ring (bicyclic) bond motifs is 1. The van der Waals surface area contributed by atoms with Crippen molar-refractivity contribution >= 4 is 39.7 Å². The molecule has 1 aliphatic carbocycles. The van der Waals surface area contributed by atoms with Crippen LogP contribution in [0.2, 0.25) is 0 Å². The first-order chi connectivity index (χ1) is 17.7. The smallest absolute Gasteiger partial charge is 0.324 e. The lowest BCUT2D eigenvalue weighted by molar-refractivity contribution is -0.153. The highest BCUT2D eigenvalue weighted by Gasteiger charge is 2.68. The molecule has 12 heteroatoms. The number of benzene rings is 1. The summed E-state index contributed by atoms with van der Waals surface area (Å²) in [5.74, 6) is -3.13. The number of carbonyl (C=O) groups excluding carboxylic acids is 3. The number of rotatable bonds is 9. The highest BCUT2D eigenvalue weighted by Crippen LogP contribution is 2.53. The van der Waals surface area contributed by atoms with Crippen LogP contribution in [0, 0.1) is 11.8 Å². The van der Waals surface area contributed by atoms with Crippen molar-refractivity contribution in [3.8, 4) is 11.5 Å². The Bertz CT molecular complexity index is 1090. The van der Waals surface area contributed by atoms with Gasteiger partial charge < -0.3 is 25.6 Å². The Morgan fingerprint density at radius 2 is 1.89 bits per heavy atom. The average molecular weight is 581 g/mol. The molecule has 3 fully saturated rings. The number of halogens is 1. The monoisotopic (exact) mass is 580 g/mol. The highest BCUT2D eigenvalue weighted by molar-refractivity contribution is 9.10. The number of urea groups is 1. The Hall–Kier alpha value is -2.86. The van der Waals surface area contributed by atoms with Crippen LogP contribution in [0.5, 0.6) is 11.5 Å². The number of carboxylic acid groups (broad SMARTS) is 1. The standard InChI is InChI=1S/C25H33BrN4O7/c1-36-16-12-13(11-15(26)20(16)37-2)19-17-18(22(32)30(21(17)31)14-7-4-3-5-8-14)25(29-19,23(33)34)9-6-10-28-24(27)35/h11-12,14,17-19,29H,3-10H2,1-2H3,(H,33,34)(H3,27,28,35). The molecule has 1 saturated carbocycles. The number of aliphatic carboxylic acids is 1. The highest BCUT2D eigenvalue weighted by atomic mass is 79.9. The zero-order valence-electron chi connectivity index (χ0n) is 20.9. The SMILES string of the molecule is COc1cc(C2NC(CCCNC(N)=O)(C(=O)O)C3C(=O)N(C4CCCCC4)C(=O)C23)cc(Br)c1OC. The van der Waals surface area contributed by atoms with Gasteiger partial charge in [-0.2, -0.15) is 0 Å². The molecule has 2 saturated heterocycles. The van der Waals surface area contributed by atoms with E-state index in [0.29, 0.717) is 21.5 Å². The normalized spacial score (nSPS) is 27.8. The van der Waals surface area contributed by atoms with E-state index >= 15 is 0 Å². The fourth-order valence-corrected chi connectivity index (χ4v) is 6.86. The van der Waals surface area contributed by atoms with Gasteiger partial charge in [-0.15, -0.1) is 0 Å². The van der Waals surface area contributed by atoms with E-state index in [1.807, 2.05) is 0 Å². The maximum Gasteiger partial charge on any atom is 0.324 e. The minimum atomic E-state index is -1.70. The topological polar surface area (TPSA) is 160 Å². The molecule has 202 valence electrons. The summed E-state index contributed by atoms with van der Waals surface area (Å²) in [5.41, 5.74) is 4.05. The molecule has 1 aromatic carbocycles. The molecule has 0 bridgehead atoms. The van der Waals surface area contributed by atoms with Crippen molar-refractivity contribution in [3.63, 3.8) is 0 Å². The first kappa shape index (κ1) is 27.2. The number of imide groups is 1. The van der Waals surface area contributed by atoms with E-state index in [2.05, 4.69) is 26.6 Å². The lowest BCUT2D eigenvalue weighted by Gasteiger charge is -2.34. The van der Waals surface area contributed by atoms with E-state index < -0.39 is 41.3 Å². The number of likely N-dealkylation sites (tertiary alicyclic amines) is 1. The summed E-state index contributed by atoms with van der Waals surface area (Å²) >= 11 is 3.48. The van der Waals surface area contributed by atoms with Crippen LogP contribution in [0.25, 0.3) is 0 Å². The largest absolute Gasteiger partial charge is 0.493 e. The van der Waals surface area contributed by atoms with Crippen molar-refractivity contribution in [2.24, 2.45) is 17.6 Å². The van der Waals surface area contributed by atoms with Crippen LogP contribution >= 0.6 is 15.9 Å². The van der Waals surface area contributed by atoms with Crippen molar-refractivity contribution in [3.05, 3.63) is 22.2 Å². The summed E-state index contributed by atoms with van der Waals surface area (Å²) in [5, 5.41) is 16.2. The van der Waals surface area contributed by atoms with E-state index in [0.717, 1.165) is 32.1 Å². The number of carbonyl (C=O) groups is 4. The van der Waals surface area contributed by atoms with E-state index in [4.69, 9.17) is 15.2 Å². The van der Waals surface area contributed by atoms with Gasteiger partial charge in [0.15, 0.2) is 11.5 Å². The van der Waals surface area contributed by atoms with Crippen LogP contribution in [0.1, 0.15) is 56.6 Å². The van der Waals surface area contributed by atoms with Crippen LogP contribution in [0.15, 0.2) is 16.6 Å². The quantitative estimate of drug-likeness (QED) is 0.255.